The molecule has 1 amide bonds. The summed E-state index contributed by atoms with van der Waals surface area (Å²) in [5, 5.41) is 5.71. The van der Waals surface area contributed by atoms with Gasteiger partial charge in [0.2, 0.25) is 5.91 Å². The lowest BCUT2D eigenvalue weighted by Crippen LogP contribution is -2.37. The van der Waals surface area contributed by atoms with Crippen LogP contribution in [0.5, 0.6) is 0 Å². The van der Waals surface area contributed by atoms with E-state index in [1.807, 2.05) is 11.9 Å². The minimum Gasteiger partial charge on any atom is -0.322 e. The summed E-state index contributed by atoms with van der Waals surface area (Å²) in [5.41, 5.74) is -0.115. The van der Waals surface area contributed by atoms with Crippen molar-refractivity contribution >= 4 is 11.6 Å². The number of amides is 1. The number of hydrogen-bond donors (Lipinski definition) is 2. The van der Waals surface area contributed by atoms with Crippen LogP contribution in [0.1, 0.15) is 12.8 Å². The standard InChI is InChI=1S/C15H21F2N3O/c1-20(9-11-4-6-18-7-5-11)10-15(21)19-14-8-12(16)2-3-13(14)17/h2-3,8,11,18H,4-7,9-10H2,1H3,(H,19,21). The number of carbonyl (C=O) groups is 1. The van der Waals surface area contributed by atoms with Crippen molar-refractivity contribution in [2.24, 2.45) is 5.92 Å². The van der Waals surface area contributed by atoms with Crippen molar-refractivity contribution in [2.75, 3.05) is 38.5 Å². The Balaban J connectivity index is 1.81. The average Bonchev–Trinajstić information content (AvgIpc) is 2.43. The molecule has 1 heterocycles. The van der Waals surface area contributed by atoms with Gasteiger partial charge in [0.15, 0.2) is 0 Å². The lowest BCUT2D eigenvalue weighted by molar-refractivity contribution is -0.117. The predicted molar refractivity (Wildman–Crippen MR) is 78.1 cm³/mol. The van der Waals surface area contributed by atoms with Gasteiger partial charge in [0.25, 0.3) is 0 Å². The highest BCUT2D eigenvalue weighted by Crippen LogP contribution is 2.16. The second kappa shape index (κ2) is 7.47. The van der Waals surface area contributed by atoms with E-state index in [1.54, 1.807) is 0 Å². The highest BCUT2D eigenvalue weighted by molar-refractivity contribution is 5.92. The number of carbonyl (C=O) groups excluding carboxylic acids is 1. The lowest BCUT2D eigenvalue weighted by Gasteiger charge is -2.27. The zero-order chi connectivity index (χ0) is 15.2. The van der Waals surface area contributed by atoms with Crippen molar-refractivity contribution in [1.29, 1.82) is 0 Å². The molecule has 0 saturated carbocycles. The van der Waals surface area contributed by atoms with Crippen LogP contribution in [0.2, 0.25) is 0 Å². The van der Waals surface area contributed by atoms with Crippen molar-refractivity contribution in [2.45, 2.75) is 12.8 Å². The van der Waals surface area contributed by atoms with Gasteiger partial charge < -0.3 is 10.6 Å². The molecule has 0 bridgehead atoms. The van der Waals surface area contributed by atoms with Gasteiger partial charge in [-0.25, -0.2) is 8.78 Å². The van der Waals surface area contributed by atoms with E-state index in [2.05, 4.69) is 10.6 Å². The number of likely N-dealkylation sites (N-methyl/N-ethyl adjacent to an activating group) is 1. The highest BCUT2D eigenvalue weighted by Gasteiger charge is 2.17. The third-order valence-corrected chi connectivity index (χ3v) is 3.64. The van der Waals surface area contributed by atoms with Crippen molar-refractivity contribution in [1.82, 2.24) is 10.2 Å². The molecular formula is C15H21F2N3O. The Bertz CT molecular complexity index is 490. The molecule has 2 rings (SSSR count). The third kappa shape index (κ3) is 5.06. The summed E-state index contributed by atoms with van der Waals surface area (Å²) < 4.78 is 26.5. The number of nitrogens with one attached hydrogen (secondary N) is 2. The van der Waals surface area contributed by atoms with Crippen molar-refractivity contribution in [3.63, 3.8) is 0 Å². The summed E-state index contributed by atoms with van der Waals surface area (Å²) in [4.78, 5) is 13.8. The zero-order valence-electron chi connectivity index (χ0n) is 12.2. The van der Waals surface area contributed by atoms with Crippen molar-refractivity contribution in [3.05, 3.63) is 29.8 Å². The molecule has 2 N–H and O–H groups in total. The van der Waals surface area contributed by atoms with Gasteiger partial charge in [0, 0.05) is 12.6 Å². The topological polar surface area (TPSA) is 44.4 Å². The molecule has 1 fully saturated rings. The van der Waals surface area contributed by atoms with Crippen LogP contribution in [0.15, 0.2) is 18.2 Å². The summed E-state index contributed by atoms with van der Waals surface area (Å²) in [5.74, 6) is -0.966. The second-order valence-electron chi connectivity index (χ2n) is 5.56. The molecule has 4 nitrogen and oxygen atoms in total. The molecule has 0 spiro atoms. The first-order valence-corrected chi connectivity index (χ1v) is 7.19. The minimum absolute atomic E-state index is 0.115. The Labute approximate surface area is 123 Å². The summed E-state index contributed by atoms with van der Waals surface area (Å²) in [6.45, 7) is 3.03. The van der Waals surface area contributed by atoms with Crippen LogP contribution in [-0.4, -0.2) is 44.0 Å². The summed E-state index contributed by atoms with van der Waals surface area (Å²) in [6, 6.07) is 3.01. The number of anilines is 1. The van der Waals surface area contributed by atoms with Crippen LogP contribution < -0.4 is 10.6 Å². The molecule has 1 aliphatic heterocycles. The summed E-state index contributed by atoms with van der Waals surface area (Å²) in [6.07, 6.45) is 2.20. The van der Waals surface area contributed by atoms with E-state index < -0.39 is 11.6 Å². The van der Waals surface area contributed by atoms with Gasteiger partial charge >= 0.3 is 0 Å². The molecule has 6 heteroatoms. The molecule has 0 aliphatic carbocycles. The number of rotatable bonds is 5. The molecule has 1 aliphatic rings. The summed E-state index contributed by atoms with van der Waals surface area (Å²) >= 11 is 0. The van der Waals surface area contributed by atoms with Crippen molar-refractivity contribution in [3.8, 4) is 0 Å². The highest BCUT2D eigenvalue weighted by atomic mass is 19.1. The molecule has 0 atom stereocenters. The normalized spacial score (nSPS) is 16.2. The van der Waals surface area contributed by atoms with E-state index in [0.717, 1.165) is 50.7 Å². The number of benzene rings is 1. The van der Waals surface area contributed by atoms with E-state index in [0.29, 0.717) is 5.92 Å². The molecule has 0 radical (unpaired) electrons. The lowest BCUT2D eigenvalue weighted by atomic mass is 9.98. The van der Waals surface area contributed by atoms with Gasteiger partial charge in [-0.05, 0) is 51.0 Å². The maximum Gasteiger partial charge on any atom is 0.238 e. The van der Waals surface area contributed by atoms with E-state index in [1.165, 1.54) is 0 Å². The Morgan fingerprint density at radius 2 is 2.10 bits per heavy atom. The monoisotopic (exact) mass is 297 g/mol. The number of halogens is 2. The third-order valence-electron chi connectivity index (χ3n) is 3.64. The molecule has 1 aromatic carbocycles. The number of piperidine rings is 1. The SMILES string of the molecule is CN(CC(=O)Nc1cc(F)ccc1F)CC1CCNCC1. The van der Waals surface area contributed by atoms with E-state index >= 15 is 0 Å². The summed E-state index contributed by atoms with van der Waals surface area (Å²) in [7, 11) is 1.86. The largest absolute Gasteiger partial charge is 0.322 e. The molecule has 0 aromatic heterocycles. The van der Waals surface area contributed by atoms with Gasteiger partial charge in [-0.2, -0.15) is 0 Å². The molecule has 1 aromatic rings. The molecule has 1 saturated heterocycles. The fraction of sp³-hybridized carbons (Fsp3) is 0.533. The van der Waals surface area contributed by atoms with E-state index in [9.17, 15) is 13.6 Å². The van der Waals surface area contributed by atoms with E-state index in [-0.39, 0.29) is 18.1 Å². The predicted octanol–water partition coefficient (Wildman–Crippen LogP) is 1.83. The zero-order valence-corrected chi connectivity index (χ0v) is 12.2. The van der Waals surface area contributed by atoms with Gasteiger partial charge in [0.1, 0.15) is 11.6 Å². The van der Waals surface area contributed by atoms with Crippen LogP contribution in [-0.2, 0) is 4.79 Å². The van der Waals surface area contributed by atoms with Gasteiger partial charge in [-0.15, -0.1) is 0 Å². The Morgan fingerprint density at radius 3 is 2.81 bits per heavy atom. The van der Waals surface area contributed by atoms with E-state index in [4.69, 9.17) is 0 Å². The second-order valence-corrected chi connectivity index (χ2v) is 5.56. The smallest absolute Gasteiger partial charge is 0.238 e. The van der Waals surface area contributed by atoms with Crippen molar-refractivity contribution < 1.29 is 13.6 Å². The van der Waals surface area contributed by atoms with Crippen LogP contribution in [0.25, 0.3) is 0 Å². The van der Waals surface area contributed by atoms with Crippen LogP contribution in [0, 0.1) is 17.6 Å². The maximum atomic E-state index is 13.4. The quantitative estimate of drug-likeness (QED) is 0.871. The first kappa shape index (κ1) is 15.9. The fourth-order valence-corrected chi connectivity index (χ4v) is 2.60. The molecule has 21 heavy (non-hydrogen) atoms. The Kier molecular flexibility index (Phi) is 5.64. The molecule has 0 unspecified atom stereocenters. The van der Waals surface area contributed by atoms with Crippen LogP contribution in [0.3, 0.4) is 0 Å². The maximum absolute atomic E-state index is 13.4. The van der Waals surface area contributed by atoms with Gasteiger partial charge in [-0.1, -0.05) is 0 Å². The minimum atomic E-state index is -0.634. The van der Waals surface area contributed by atoms with Gasteiger partial charge in [-0.3, -0.25) is 9.69 Å². The fourth-order valence-electron chi connectivity index (χ4n) is 2.60. The molecular weight excluding hydrogens is 276 g/mol. The molecule has 116 valence electrons. The Hall–Kier alpha value is -1.53. The van der Waals surface area contributed by atoms with Crippen LogP contribution >= 0.6 is 0 Å². The first-order valence-electron chi connectivity index (χ1n) is 7.19. The average molecular weight is 297 g/mol. The van der Waals surface area contributed by atoms with Gasteiger partial charge in [0.05, 0.1) is 12.2 Å². The number of nitrogens with zero attached hydrogens (tertiary/aromatic N) is 1. The van der Waals surface area contributed by atoms with Crippen LogP contribution in [0.4, 0.5) is 14.5 Å². The Morgan fingerprint density at radius 1 is 1.38 bits per heavy atom. The first-order chi connectivity index (χ1) is 10.0. The number of hydrogen-bond acceptors (Lipinski definition) is 3.